The molecule has 0 unspecified atom stereocenters. The topological polar surface area (TPSA) is 81.7 Å². The number of hydrogen-bond acceptors (Lipinski definition) is 5. The number of fused-ring (bicyclic) bond motifs is 1. The summed E-state index contributed by atoms with van der Waals surface area (Å²) in [5.74, 6) is -0.274. The van der Waals surface area contributed by atoms with Crippen LogP contribution in [0.1, 0.15) is 53.5 Å². The summed E-state index contributed by atoms with van der Waals surface area (Å²) in [5.41, 5.74) is -1.07. The van der Waals surface area contributed by atoms with Crippen molar-refractivity contribution in [2.24, 2.45) is 0 Å². The zero-order chi connectivity index (χ0) is 21.4. The fourth-order valence-corrected chi connectivity index (χ4v) is 3.77. The zero-order valence-corrected chi connectivity index (χ0v) is 17.3. The van der Waals surface area contributed by atoms with Crippen LogP contribution in [0.2, 0.25) is 0 Å². The number of nitrogens with one attached hydrogen (secondary N) is 1. The number of ketones is 2. The highest BCUT2D eigenvalue weighted by atomic mass is 16.5. The quantitative estimate of drug-likeness (QED) is 0.786. The Morgan fingerprint density at radius 3 is 1.97 bits per heavy atom. The minimum absolute atomic E-state index is 0.286. The van der Waals surface area contributed by atoms with E-state index in [1.54, 1.807) is 42.5 Å². The molecule has 152 valence electrons. The number of rotatable bonds is 5. The van der Waals surface area contributed by atoms with Crippen molar-refractivity contribution in [1.29, 1.82) is 0 Å². The lowest BCUT2D eigenvalue weighted by Crippen LogP contribution is -2.47. The third-order valence-corrected chi connectivity index (χ3v) is 5.01. The number of Topliss-reactive ketones (excluding diaryl/α,β-unsaturated/α-hetero) is 2. The number of amides is 1. The molecule has 1 amide bonds. The maximum Gasteiger partial charge on any atom is 0.222 e. The third kappa shape index (κ3) is 3.50. The molecule has 0 saturated heterocycles. The Labute approximate surface area is 170 Å². The normalized spacial score (nSPS) is 15.1. The molecule has 0 heterocycles. The first-order valence-corrected chi connectivity index (χ1v) is 9.36. The van der Waals surface area contributed by atoms with Gasteiger partial charge in [0.2, 0.25) is 5.91 Å². The summed E-state index contributed by atoms with van der Waals surface area (Å²) >= 11 is 0. The summed E-state index contributed by atoms with van der Waals surface area (Å²) in [5, 5.41) is 2.86. The summed E-state index contributed by atoms with van der Waals surface area (Å²) < 4.78 is 10.6. The standard InChI is InChI=1S/C23H25NO5/c1-22(2,3)24-19(25)13-23(14-10-11-17(28-4)18(12-14)29-5)20(26)15-8-6-7-9-16(15)21(23)27/h6-12H,13H2,1-5H3,(H,24,25). The molecule has 0 radical (unpaired) electrons. The first-order chi connectivity index (χ1) is 13.6. The number of methoxy groups -OCH3 is 2. The lowest BCUT2D eigenvalue weighted by molar-refractivity contribution is -0.123. The molecule has 0 aliphatic heterocycles. The number of hydrogen-bond donors (Lipinski definition) is 1. The van der Waals surface area contributed by atoms with Gasteiger partial charge in [-0.3, -0.25) is 14.4 Å². The van der Waals surface area contributed by atoms with Gasteiger partial charge in [0.25, 0.3) is 0 Å². The largest absolute Gasteiger partial charge is 0.493 e. The van der Waals surface area contributed by atoms with Gasteiger partial charge in [-0.15, -0.1) is 0 Å². The van der Waals surface area contributed by atoms with E-state index in [1.165, 1.54) is 14.2 Å². The Hall–Kier alpha value is -3.15. The third-order valence-electron chi connectivity index (χ3n) is 5.01. The zero-order valence-electron chi connectivity index (χ0n) is 17.3. The molecule has 29 heavy (non-hydrogen) atoms. The smallest absolute Gasteiger partial charge is 0.222 e. The summed E-state index contributed by atoms with van der Waals surface area (Å²) in [6.07, 6.45) is -0.286. The van der Waals surface area contributed by atoms with Gasteiger partial charge >= 0.3 is 0 Å². The minimum Gasteiger partial charge on any atom is -0.493 e. The van der Waals surface area contributed by atoms with Crippen molar-refractivity contribution in [2.45, 2.75) is 38.1 Å². The second kappa shape index (κ2) is 7.35. The van der Waals surface area contributed by atoms with Crippen LogP contribution >= 0.6 is 0 Å². The van der Waals surface area contributed by atoms with Gasteiger partial charge in [0, 0.05) is 16.7 Å². The van der Waals surface area contributed by atoms with E-state index in [1.807, 2.05) is 20.8 Å². The van der Waals surface area contributed by atoms with Crippen LogP contribution in [-0.4, -0.2) is 37.2 Å². The van der Waals surface area contributed by atoms with Crippen LogP contribution in [0, 0.1) is 0 Å². The Balaban J connectivity index is 2.18. The van der Waals surface area contributed by atoms with Crippen molar-refractivity contribution in [3.63, 3.8) is 0 Å². The Morgan fingerprint density at radius 2 is 1.48 bits per heavy atom. The van der Waals surface area contributed by atoms with E-state index in [9.17, 15) is 14.4 Å². The molecule has 0 atom stereocenters. The van der Waals surface area contributed by atoms with Crippen molar-refractivity contribution in [1.82, 2.24) is 5.32 Å². The van der Waals surface area contributed by atoms with Gasteiger partial charge in [-0.1, -0.05) is 30.3 Å². The number of benzene rings is 2. The van der Waals surface area contributed by atoms with Gasteiger partial charge in [-0.05, 0) is 38.5 Å². The highest BCUT2D eigenvalue weighted by molar-refractivity contribution is 6.34. The van der Waals surface area contributed by atoms with Crippen molar-refractivity contribution < 1.29 is 23.9 Å². The molecule has 0 aromatic heterocycles. The highest BCUT2D eigenvalue weighted by Crippen LogP contribution is 2.44. The average Bonchev–Trinajstić information content (AvgIpc) is 2.89. The molecule has 2 aromatic rings. The predicted octanol–water partition coefficient (Wildman–Crippen LogP) is 3.33. The van der Waals surface area contributed by atoms with E-state index in [0.717, 1.165) is 0 Å². The van der Waals surface area contributed by atoms with Gasteiger partial charge in [-0.25, -0.2) is 0 Å². The van der Waals surface area contributed by atoms with E-state index >= 15 is 0 Å². The summed E-state index contributed by atoms with van der Waals surface area (Å²) in [4.78, 5) is 39.9. The minimum atomic E-state index is -1.64. The van der Waals surface area contributed by atoms with Crippen LogP contribution in [0.5, 0.6) is 11.5 Å². The summed E-state index contributed by atoms with van der Waals surface area (Å²) in [6.45, 7) is 5.54. The highest BCUT2D eigenvalue weighted by Gasteiger charge is 2.55. The van der Waals surface area contributed by atoms with Crippen molar-refractivity contribution in [2.75, 3.05) is 14.2 Å². The molecular formula is C23H25NO5. The Kier molecular flexibility index (Phi) is 5.22. The van der Waals surface area contributed by atoms with Crippen LogP contribution in [-0.2, 0) is 10.2 Å². The monoisotopic (exact) mass is 395 g/mol. The molecule has 1 aliphatic carbocycles. The molecule has 2 aromatic carbocycles. The molecule has 0 fully saturated rings. The maximum absolute atomic E-state index is 13.5. The van der Waals surface area contributed by atoms with Crippen LogP contribution < -0.4 is 14.8 Å². The Bertz CT molecular complexity index is 952. The predicted molar refractivity (Wildman–Crippen MR) is 109 cm³/mol. The van der Waals surface area contributed by atoms with Crippen molar-refractivity contribution in [3.05, 3.63) is 59.2 Å². The lowest BCUT2D eigenvalue weighted by atomic mass is 9.73. The molecule has 6 nitrogen and oxygen atoms in total. The van der Waals surface area contributed by atoms with E-state index < -0.39 is 11.0 Å². The van der Waals surface area contributed by atoms with Gasteiger partial charge in [0.05, 0.1) is 20.6 Å². The molecule has 1 aliphatic rings. The fourth-order valence-electron chi connectivity index (χ4n) is 3.77. The van der Waals surface area contributed by atoms with Crippen LogP contribution in [0.25, 0.3) is 0 Å². The molecule has 6 heteroatoms. The first kappa shape index (κ1) is 20.6. The first-order valence-electron chi connectivity index (χ1n) is 9.36. The molecule has 0 saturated carbocycles. The summed E-state index contributed by atoms with van der Waals surface area (Å²) in [7, 11) is 2.99. The van der Waals surface area contributed by atoms with Crippen LogP contribution in [0.15, 0.2) is 42.5 Å². The van der Waals surface area contributed by atoms with Gasteiger partial charge < -0.3 is 14.8 Å². The van der Waals surface area contributed by atoms with E-state index in [2.05, 4.69) is 5.32 Å². The van der Waals surface area contributed by atoms with Crippen molar-refractivity contribution in [3.8, 4) is 11.5 Å². The average molecular weight is 395 g/mol. The molecule has 0 spiro atoms. The fraction of sp³-hybridized carbons (Fsp3) is 0.348. The molecule has 0 bridgehead atoms. The van der Waals surface area contributed by atoms with E-state index in [-0.39, 0.29) is 23.9 Å². The second-order valence-electron chi connectivity index (χ2n) is 8.15. The molecular weight excluding hydrogens is 370 g/mol. The summed E-state index contributed by atoms with van der Waals surface area (Å²) in [6, 6.07) is 11.6. The van der Waals surface area contributed by atoms with Gasteiger partial charge in [0.1, 0.15) is 5.41 Å². The van der Waals surface area contributed by atoms with Gasteiger partial charge in [-0.2, -0.15) is 0 Å². The number of carbonyl (C=O) groups excluding carboxylic acids is 3. The maximum atomic E-state index is 13.5. The second-order valence-corrected chi connectivity index (χ2v) is 8.15. The van der Waals surface area contributed by atoms with E-state index in [4.69, 9.17) is 9.47 Å². The Morgan fingerprint density at radius 1 is 0.931 bits per heavy atom. The molecule has 3 rings (SSSR count). The lowest BCUT2D eigenvalue weighted by Gasteiger charge is -2.29. The molecule has 1 N–H and O–H groups in total. The van der Waals surface area contributed by atoms with Gasteiger partial charge in [0.15, 0.2) is 23.1 Å². The number of ether oxygens (including phenoxy) is 2. The van der Waals surface area contributed by atoms with E-state index in [0.29, 0.717) is 28.2 Å². The number of carbonyl (C=O) groups is 3. The van der Waals surface area contributed by atoms with Crippen LogP contribution in [0.3, 0.4) is 0 Å². The SMILES string of the molecule is COc1ccc(C2(CC(=O)NC(C)(C)C)C(=O)c3ccccc3C2=O)cc1OC. The van der Waals surface area contributed by atoms with Crippen molar-refractivity contribution >= 4 is 17.5 Å². The van der Waals surface area contributed by atoms with Crippen LogP contribution in [0.4, 0.5) is 0 Å².